The van der Waals surface area contributed by atoms with Crippen LogP contribution in [0.4, 0.5) is 0 Å². The van der Waals surface area contributed by atoms with Crippen molar-refractivity contribution in [3.8, 4) is 0 Å². The lowest BCUT2D eigenvalue weighted by Crippen LogP contribution is -2.55. The van der Waals surface area contributed by atoms with Crippen molar-refractivity contribution >= 4 is 0 Å². The van der Waals surface area contributed by atoms with Gasteiger partial charge in [0.2, 0.25) is 0 Å². The lowest BCUT2D eigenvalue weighted by Gasteiger charge is -2.47. The van der Waals surface area contributed by atoms with Gasteiger partial charge in [0.25, 0.3) is 0 Å². The topological polar surface area (TPSA) is 29.3 Å². The molecule has 1 aliphatic rings. The van der Waals surface area contributed by atoms with Crippen LogP contribution >= 0.6 is 0 Å². The van der Waals surface area contributed by atoms with Gasteiger partial charge in [-0.1, -0.05) is 50.1 Å². The minimum atomic E-state index is 0.227. The van der Waals surface area contributed by atoms with Crippen molar-refractivity contribution in [2.45, 2.75) is 65.0 Å². The van der Waals surface area contributed by atoms with Crippen molar-refractivity contribution in [3.05, 3.63) is 35.4 Å². The Kier molecular flexibility index (Phi) is 5.83. The van der Waals surface area contributed by atoms with Crippen LogP contribution in [0.2, 0.25) is 0 Å². The molecule has 0 atom stereocenters. The van der Waals surface area contributed by atoms with Gasteiger partial charge in [0.05, 0.1) is 0 Å². The molecule has 0 bridgehead atoms. The number of hydrogen-bond donors (Lipinski definition) is 1. The summed E-state index contributed by atoms with van der Waals surface area (Å²) in [6.07, 6.45) is 6.55. The summed E-state index contributed by atoms with van der Waals surface area (Å²) in [6, 6.07) is 8.96. The molecule has 0 saturated heterocycles. The monoisotopic (exact) mass is 288 g/mol. The maximum atomic E-state index is 6.24. The summed E-state index contributed by atoms with van der Waals surface area (Å²) in [5, 5.41) is 0. The highest BCUT2D eigenvalue weighted by atomic mass is 15.2. The zero-order chi connectivity index (χ0) is 15.3. The maximum Gasteiger partial charge on any atom is 0.0335 e. The molecule has 1 fully saturated rings. The Balaban J connectivity index is 2.08. The number of hydrogen-bond acceptors (Lipinski definition) is 2. The Labute approximate surface area is 130 Å². The van der Waals surface area contributed by atoms with Crippen LogP contribution in [0.15, 0.2) is 24.3 Å². The van der Waals surface area contributed by atoms with Gasteiger partial charge >= 0.3 is 0 Å². The summed E-state index contributed by atoms with van der Waals surface area (Å²) in [7, 11) is 0. The van der Waals surface area contributed by atoms with Crippen molar-refractivity contribution in [1.29, 1.82) is 0 Å². The average molecular weight is 288 g/mol. The number of aryl methyl sites for hydroxylation is 1. The Morgan fingerprint density at radius 1 is 1.14 bits per heavy atom. The molecule has 2 nitrogen and oxygen atoms in total. The number of nitrogens with zero attached hydrogens (tertiary/aromatic N) is 1. The third-order valence-corrected chi connectivity index (χ3v) is 5.54. The minimum Gasteiger partial charge on any atom is -0.329 e. The van der Waals surface area contributed by atoms with E-state index in [2.05, 4.69) is 49.9 Å². The molecule has 21 heavy (non-hydrogen) atoms. The number of benzene rings is 1. The summed E-state index contributed by atoms with van der Waals surface area (Å²) in [4.78, 5) is 2.63. The molecule has 0 heterocycles. The molecule has 2 heteroatoms. The van der Waals surface area contributed by atoms with Crippen LogP contribution in [0, 0.1) is 12.8 Å². The van der Waals surface area contributed by atoms with E-state index in [-0.39, 0.29) is 5.54 Å². The van der Waals surface area contributed by atoms with E-state index in [1.807, 2.05) is 0 Å². The van der Waals surface area contributed by atoms with Crippen LogP contribution < -0.4 is 5.73 Å². The van der Waals surface area contributed by atoms with Gasteiger partial charge in [-0.3, -0.25) is 4.90 Å². The number of rotatable bonds is 6. The van der Waals surface area contributed by atoms with Crippen LogP contribution in [0.1, 0.15) is 57.1 Å². The van der Waals surface area contributed by atoms with E-state index in [4.69, 9.17) is 5.73 Å². The Morgan fingerprint density at radius 2 is 1.76 bits per heavy atom. The summed E-state index contributed by atoms with van der Waals surface area (Å²) in [5.74, 6) is 0.919. The van der Waals surface area contributed by atoms with Gasteiger partial charge in [0.15, 0.2) is 0 Å². The molecule has 0 spiro atoms. The first-order chi connectivity index (χ1) is 10.1. The average Bonchev–Trinajstić information content (AvgIpc) is 2.54. The smallest absolute Gasteiger partial charge is 0.0335 e. The molecule has 0 aliphatic heterocycles. The molecule has 1 saturated carbocycles. The predicted molar refractivity (Wildman–Crippen MR) is 91.3 cm³/mol. The molecule has 0 unspecified atom stereocenters. The zero-order valence-corrected chi connectivity index (χ0v) is 14.1. The van der Waals surface area contributed by atoms with Gasteiger partial charge < -0.3 is 5.73 Å². The van der Waals surface area contributed by atoms with Crippen molar-refractivity contribution in [1.82, 2.24) is 4.90 Å². The van der Waals surface area contributed by atoms with Crippen LogP contribution in [-0.4, -0.2) is 23.5 Å². The fourth-order valence-electron chi connectivity index (χ4n) is 3.80. The fraction of sp³-hybridized carbons (Fsp3) is 0.684. The molecule has 0 amide bonds. The second-order valence-electron chi connectivity index (χ2n) is 6.78. The second kappa shape index (κ2) is 7.42. The molecule has 0 aromatic heterocycles. The number of nitrogens with two attached hydrogens (primary N) is 1. The molecule has 1 aromatic carbocycles. The quantitative estimate of drug-likeness (QED) is 0.853. The number of likely N-dealkylation sites (N-methyl/N-ethyl adjacent to an activating group) is 1. The molecule has 1 aliphatic carbocycles. The second-order valence-corrected chi connectivity index (χ2v) is 6.78. The fourth-order valence-corrected chi connectivity index (χ4v) is 3.80. The van der Waals surface area contributed by atoms with E-state index in [1.54, 1.807) is 0 Å². The Bertz CT molecular complexity index is 416. The van der Waals surface area contributed by atoms with Gasteiger partial charge in [0, 0.05) is 18.6 Å². The van der Waals surface area contributed by atoms with E-state index in [0.717, 1.165) is 25.6 Å². The SMILES string of the molecule is CCC1CCC(CN)(N(CC)Cc2ccc(C)cc2)CC1. The summed E-state index contributed by atoms with van der Waals surface area (Å²) >= 11 is 0. The molecule has 0 radical (unpaired) electrons. The van der Waals surface area contributed by atoms with Crippen molar-refractivity contribution in [2.24, 2.45) is 11.7 Å². The zero-order valence-electron chi connectivity index (χ0n) is 14.1. The highest BCUT2D eigenvalue weighted by Crippen LogP contribution is 2.37. The maximum absolute atomic E-state index is 6.24. The third kappa shape index (κ3) is 3.87. The van der Waals surface area contributed by atoms with Gasteiger partial charge in [0.1, 0.15) is 0 Å². The van der Waals surface area contributed by atoms with Crippen LogP contribution in [0.3, 0.4) is 0 Å². The predicted octanol–water partition coefficient (Wildman–Crippen LogP) is 4.11. The van der Waals surface area contributed by atoms with E-state index < -0.39 is 0 Å². The lowest BCUT2D eigenvalue weighted by atomic mass is 9.74. The van der Waals surface area contributed by atoms with E-state index in [9.17, 15) is 0 Å². The van der Waals surface area contributed by atoms with Gasteiger partial charge in [-0.2, -0.15) is 0 Å². The highest BCUT2D eigenvalue weighted by molar-refractivity contribution is 5.21. The van der Waals surface area contributed by atoms with Gasteiger partial charge in [-0.15, -0.1) is 0 Å². The van der Waals surface area contributed by atoms with E-state index in [0.29, 0.717) is 0 Å². The van der Waals surface area contributed by atoms with E-state index >= 15 is 0 Å². The Morgan fingerprint density at radius 3 is 2.24 bits per heavy atom. The first-order valence-electron chi connectivity index (χ1n) is 8.64. The molecule has 118 valence electrons. The van der Waals surface area contributed by atoms with Crippen molar-refractivity contribution < 1.29 is 0 Å². The molecular formula is C19H32N2. The van der Waals surface area contributed by atoms with Crippen LogP contribution in [0.25, 0.3) is 0 Å². The molecular weight excluding hydrogens is 256 g/mol. The third-order valence-electron chi connectivity index (χ3n) is 5.54. The van der Waals surface area contributed by atoms with Crippen molar-refractivity contribution in [3.63, 3.8) is 0 Å². The minimum absolute atomic E-state index is 0.227. The van der Waals surface area contributed by atoms with E-state index in [1.165, 1.54) is 43.2 Å². The molecule has 2 rings (SSSR count). The van der Waals surface area contributed by atoms with Crippen LogP contribution in [0.5, 0.6) is 0 Å². The molecule has 1 aromatic rings. The largest absolute Gasteiger partial charge is 0.329 e. The molecule has 2 N–H and O–H groups in total. The lowest BCUT2D eigenvalue weighted by molar-refractivity contribution is 0.0392. The highest BCUT2D eigenvalue weighted by Gasteiger charge is 2.38. The summed E-state index contributed by atoms with van der Waals surface area (Å²) < 4.78 is 0. The first kappa shape index (κ1) is 16.5. The summed E-state index contributed by atoms with van der Waals surface area (Å²) in [5.41, 5.74) is 9.21. The normalized spacial score (nSPS) is 26.2. The Hall–Kier alpha value is -0.860. The van der Waals surface area contributed by atoms with Crippen molar-refractivity contribution in [2.75, 3.05) is 13.1 Å². The van der Waals surface area contributed by atoms with Gasteiger partial charge in [-0.05, 0) is 50.6 Å². The van der Waals surface area contributed by atoms with Gasteiger partial charge in [-0.25, -0.2) is 0 Å². The van der Waals surface area contributed by atoms with Crippen LogP contribution in [-0.2, 0) is 6.54 Å². The first-order valence-corrected chi connectivity index (χ1v) is 8.64. The standard InChI is InChI=1S/C19H32N2/c1-4-17-10-12-19(15-20,13-11-17)21(5-2)14-18-8-6-16(3)7-9-18/h6-9,17H,4-5,10-15,20H2,1-3H3. The summed E-state index contributed by atoms with van der Waals surface area (Å²) in [6.45, 7) is 9.66.